The van der Waals surface area contributed by atoms with Crippen molar-refractivity contribution in [3.63, 3.8) is 0 Å². The highest BCUT2D eigenvalue weighted by Gasteiger charge is 2.30. The molecule has 0 radical (unpaired) electrons. The Morgan fingerprint density at radius 3 is 2.62 bits per heavy atom. The summed E-state index contributed by atoms with van der Waals surface area (Å²) >= 11 is 0. The Morgan fingerprint density at radius 1 is 1.25 bits per heavy atom. The van der Waals surface area contributed by atoms with Crippen LogP contribution >= 0.6 is 0 Å². The van der Waals surface area contributed by atoms with Crippen LogP contribution in [-0.2, 0) is 11.0 Å². The van der Waals surface area contributed by atoms with Gasteiger partial charge in [0.15, 0.2) is 6.61 Å². The summed E-state index contributed by atoms with van der Waals surface area (Å²) in [7, 11) is 0. The van der Waals surface area contributed by atoms with Gasteiger partial charge >= 0.3 is 12.1 Å². The van der Waals surface area contributed by atoms with E-state index in [0.717, 1.165) is 18.2 Å². The molecule has 1 aromatic carbocycles. The molecule has 1 aromatic heterocycles. The molecule has 2 rings (SSSR count). The van der Waals surface area contributed by atoms with Crippen LogP contribution in [0.5, 0.6) is 5.75 Å². The summed E-state index contributed by atoms with van der Waals surface area (Å²) < 4.78 is 47.3. The molecule has 1 heterocycles. The monoisotopic (exact) mass is 343 g/mol. The number of ether oxygens (including phenoxy) is 1. The molecule has 0 bridgehead atoms. The lowest BCUT2D eigenvalue weighted by atomic mass is 10.2. The molecular formula is C14H12F3N3O4. The summed E-state index contributed by atoms with van der Waals surface area (Å²) in [4.78, 5) is 23.1. The predicted octanol–water partition coefficient (Wildman–Crippen LogP) is 1.84. The standard InChI is InChI=1S/C14H12F3N3O4/c1-8-5-11(24-20-8)13(22)19-18-12(21)7-23-10-4-2-3-9(6-10)14(15,16)17/h2-6H,7H2,1H3,(H,18,21)(H,19,22). The number of aryl methyl sites for hydroxylation is 1. The minimum Gasteiger partial charge on any atom is -0.484 e. The zero-order valence-electron chi connectivity index (χ0n) is 12.3. The molecule has 0 spiro atoms. The first-order valence-corrected chi connectivity index (χ1v) is 6.58. The van der Waals surface area contributed by atoms with Crippen LogP contribution in [0.1, 0.15) is 21.8 Å². The number of amides is 2. The number of carbonyl (C=O) groups is 2. The van der Waals surface area contributed by atoms with Crippen molar-refractivity contribution in [2.45, 2.75) is 13.1 Å². The highest BCUT2D eigenvalue weighted by Crippen LogP contribution is 2.31. The Morgan fingerprint density at radius 2 is 2.00 bits per heavy atom. The maximum absolute atomic E-state index is 12.5. The predicted molar refractivity (Wildman–Crippen MR) is 73.8 cm³/mol. The van der Waals surface area contributed by atoms with Gasteiger partial charge in [0, 0.05) is 6.07 Å². The molecule has 2 N–H and O–H groups in total. The van der Waals surface area contributed by atoms with E-state index in [4.69, 9.17) is 4.74 Å². The molecule has 2 amide bonds. The van der Waals surface area contributed by atoms with Gasteiger partial charge in [0.2, 0.25) is 5.76 Å². The SMILES string of the molecule is Cc1cc(C(=O)NNC(=O)COc2cccc(C(F)(F)F)c2)on1. The van der Waals surface area contributed by atoms with E-state index >= 15 is 0 Å². The van der Waals surface area contributed by atoms with Crippen molar-refractivity contribution < 1.29 is 32.0 Å². The van der Waals surface area contributed by atoms with Crippen molar-refractivity contribution in [3.05, 3.63) is 47.3 Å². The van der Waals surface area contributed by atoms with E-state index in [9.17, 15) is 22.8 Å². The van der Waals surface area contributed by atoms with Gasteiger partial charge in [0.05, 0.1) is 11.3 Å². The highest BCUT2D eigenvalue weighted by atomic mass is 19.4. The van der Waals surface area contributed by atoms with Crippen LogP contribution in [0.3, 0.4) is 0 Å². The van der Waals surface area contributed by atoms with E-state index in [-0.39, 0.29) is 11.5 Å². The summed E-state index contributed by atoms with van der Waals surface area (Å²) in [6, 6.07) is 5.44. The van der Waals surface area contributed by atoms with Crippen LogP contribution in [0.25, 0.3) is 0 Å². The molecule has 0 fully saturated rings. The molecule has 0 atom stereocenters. The number of alkyl halides is 3. The van der Waals surface area contributed by atoms with Gasteiger partial charge < -0.3 is 9.26 Å². The van der Waals surface area contributed by atoms with Crippen LogP contribution in [0.15, 0.2) is 34.9 Å². The van der Waals surface area contributed by atoms with Gasteiger partial charge in [-0.1, -0.05) is 11.2 Å². The Bertz CT molecular complexity index is 743. The second-order valence-electron chi connectivity index (χ2n) is 4.65. The van der Waals surface area contributed by atoms with Gasteiger partial charge in [-0.3, -0.25) is 20.4 Å². The van der Waals surface area contributed by atoms with E-state index in [1.165, 1.54) is 12.1 Å². The van der Waals surface area contributed by atoms with Gasteiger partial charge in [0.25, 0.3) is 5.91 Å². The van der Waals surface area contributed by atoms with Crippen molar-refractivity contribution in [2.75, 3.05) is 6.61 Å². The molecule has 0 aliphatic rings. The molecule has 24 heavy (non-hydrogen) atoms. The average Bonchev–Trinajstić information content (AvgIpc) is 2.96. The quantitative estimate of drug-likeness (QED) is 0.827. The molecule has 0 aliphatic heterocycles. The second-order valence-corrected chi connectivity index (χ2v) is 4.65. The van der Waals surface area contributed by atoms with Gasteiger partial charge in [-0.05, 0) is 25.1 Å². The fourth-order valence-electron chi connectivity index (χ4n) is 1.61. The third kappa shape index (κ3) is 4.73. The first-order chi connectivity index (χ1) is 11.3. The lowest BCUT2D eigenvalue weighted by Gasteiger charge is -2.10. The summed E-state index contributed by atoms with van der Waals surface area (Å²) in [6.07, 6.45) is -4.51. The Hall–Kier alpha value is -3.04. The van der Waals surface area contributed by atoms with Crippen LogP contribution in [0, 0.1) is 6.92 Å². The molecule has 0 saturated carbocycles. The third-order valence-electron chi connectivity index (χ3n) is 2.70. The van der Waals surface area contributed by atoms with Crippen LogP contribution < -0.4 is 15.6 Å². The number of carbonyl (C=O) groups excluding carboxylic acids is 2. The zero-order valence-corrected chi connectivity index (χ0v) is 12.3. The summed E-state index contributed by atoms with van der Waals surface area (Å²) in [6.45, 7) is 1.03. The number of aromatic nitrogens is 1. The molecule has 0 aliphatic carbocycles. The lowest BCUT2D eigenvalue weighted by molar-refractivity contribution is -0.137. The number of rotatable bonds is 4. The number of hydrogen-bond acceptors (Lipinski definition) is 5. The topological polar surface area (TPSA) is 93.5 Å². The van der Waals surface area contributed by atoms with Crippen LogP contribution in [0.4, 0.5) is 13.2 Å². The van der Waals surface area contributed by atoms with Crippen molar-refractivity contribution in [3.8, 4) is 5.75 Å². The van der Waals surface area contributed by atoms with E-state index in [2.05, 4.69) is 15.1 Å². The maximum Gasteiger partial charge on any atom is 0.416 e. The van der Waals surface area contributed by atoms with E-state index < -0.39 is 30.2 Å². The maximum atomic E-state index is 12.5. The van der Waals surface area contributed by atoms with Gasteiger partial charge in [0.1, 0.15) is 5.75 Å². The molecular weight excluding hydrogens is 331 g/mol. The lowest BCUT2D eigenvalue weighted by Crippen LogP contribution is -2.43. The molecule has 0 unspecified atom stereocenters. The Labute approximate surface area is 133 Å². The van der Waals surface area contributed by atoms with Crippen molar-refractivity contribution in [2.24, 2.45) is 0 Å². The van der Waals surface area contributed by atoms with Crippen LogP contribution in [0.2, 0.25) is 0 Å². The van der Waals surface area contributed by atoms with Gasteiger partial charge in [-0.15, -0.1) is 0 Å². The van der Waals surface area contributed by atoms with E-state index in [1.54, 1.807) is 6.92 Å². The van der Waals surface area contributed by atoms with Gasteiger partial charge in [-0.25, -0.2) is 0 Å². The minimum atomic E-state index is -4.51. The first-order valence-electron chi connectivity index (χ1n) is 6.58. The third-order valence-corrected chi connectivity index (χ3v) is 2.70. The molecule has 2 aromatic rings. The van der Waals surface area contributed by atoms with E-state index in [1.807, 2.05) is 5.43 Å². The largest absolute Gasteiger partial charge is 0.484 e. The second kappa shape index (κ2) is 7.02. The summed E-state index contributed by atoms with van der Waals surface area (Å²) in [5.74, 6) is -1.73. The fraction of sp³-hybridized carbons (Fsp3) is 0.214. The summed E-state index contributed by atoms with van der Waals surface area (Å²) in [5, 5.41) is 3.50. The normalized spacial score (nSPS) is 11.0. The number of hydrogen-bond donors (Lipinski definition) is 2. The number of hydrazine groups is 1. The zero-order chi connectivity index (χ0) is 17.7. The minimum absolute atomic E-state index is 0.105. The number of halogens is 3. The fourth-order valence-corrected chi connectivity index (χ4v) is 1.61. The highest BCUT2D eigenvalue weighted by molar-refractivity contribution is 5.93. The number of nitrogens with zero attached hydrogens (tertiary/aromatic N) is 1. The smallest absolute Gasteiger partial charge is 0.416 e. The average molecular weight is 343 g/mol. The van der Waals surface area contributed by atoms with Crippen molar-refractivity contribution >= 4 is 11.8 Å². The molecule has 7 nitrogen and oxygen atoms in total. The number of nitrogens with one attached hydrogen (secondary N) is 2. The Balaban J connectivity index is 1.82. The molecule has 128 valence electrons. The van der Waals surface area contributed by atoms with Gasteiger partial charge in [-0.2, -0.15) is 13.2 Å². The Kier molecular flexibility index (Phi) is 5.07. The summed E-state index contributed by atoms with van der Waals surface area (Å²) in [5.41, 5.74) is 3.67. The van der Waals surface area contributed by atoms with E-state index in [0.29, 0.717) is 5.69 Å². The van der Waals surface area contributed by atoms with Crippen molar-refractivity contribution in [1.29, 1.82) is 0 Å². The van der Waals surface area contributed by atoms with Crippen LogP contribution in [-0.4, -0.2) is 23.6 Å². The first kappa shape index (κ1) is 17.3. The number of benzene rings is 1. The van der Waals surface area contributed by atoms with Crippen molar-refractivity contribution in [1.82, 2.24) is 16.0 Å². The molecule has 10 heteroatoms. The molecule has 0 saturated heterocycles.